The molecule has 1 amide bonds. The number of allylic oxidation sites excluding steroid dienone is 1. The summed E-state index contributed by atoms with van der Waals surface area (Å²) in [5.41, 5.74) is -5.86. The molecule has 1 fully saturated rings. The molecule has 1 aliphatic heterocycles. The molecule has 0 aromatic heterocycles. The zero-order valence-electron chi connectivity index (χ0n) is 34.8. The summed E-state index contributed by atoms with van der Waals surface area (Å²) in [6, 6.07) is 6.87. The van der Waals surface area contributed by atoms with Crippen molar-refractivity contribution in [2.45, 2.75) is 136 Å². The summed E-state index contributed by atoms with van der Waals surface area (Å²) in [4.78, 5) is 68.5. The fourth-order valence-corrected chi connectivity index (χ4v) is 8.50. The minimum Gasteiger partial charge on any atom is -0.493 e. The lowest BCUT2D eigenvalue weighted by atomic mass is 9.53. The maximum absolute atomic E-state index is 14.8. The number of benzene rings is 1. The number of aliphatic hydroxyl groups excluding tert-OH is 2. The second-order valence-corrected chi connectivity index (χ2v) is 17.1. The van der Waals surface area contributed by atoms with Crippen molar-refractivity contribution >= 4 is 29.8 Å². The molecule has 0 saturated carbocycles. The van der Waals surface area contributed by atoms with Gasteiger partial charge >= 0.3 is 24.0 Å². The Labute approximate surface area is 334 Å². The van der Waals surface area contributed by atoms with Gasteiger partial charge in [-0.1, -0.05) is 45.9 Å². The van der Waals surface area contributed by atoms with Gasteiger partial charge in [0.2, 0.25) is 5.78 Å². The third kappa shape index (κ3) is 9.06. The summed E-state index contributed by atoms with van der Waals surface area (Å²) < 4.78 is 35.4. The van der Waals surface area contributed by atoms with Crippen LogP contribution in [-0.2, 0) is 42.8 Å². The summed E-state index contributed by atoms with van der Waals surface area (Å²) in [6.07, 6.45) is -7.10. The first-order valence-corrected chi connectivity index (χ1v) is 19.2. The molecule has 0 radical (unpaired) electrons. The van der Waals surface area contributed by atoms with Gasteiger partial charge in [-0.25, -0.2) is 14.4 Å². The molecule has 0 unspecified atom stereocenters. The van der Waals surface area contributed by atoms with E-state index in [1.165, 1.54) is 26.2 Å². The molecule has 2 bridgehead atoms. The van der Waals surface area contributed by atoms with E-state index >= 15 is 0 Å². The van der Waals surface area contributed by atoms with Crippen molar-refractivity contribution in [3.63, 3.8) is 0 Å². The number of carbonyl (C=O) groups is 5. The van der Waals surface area contributed by atoms with E-state index in [1.807, 2.05) is 13.8 Å². The zero-order chi connectivity index (χ0) is 42.8. The van der Waals surface area contributed by atoms with Crippen molar-refractivity contribution in [3.8, 4) is 0 Å². The molecule has 8 atom stereocenters. The summed E-state index contributed by atoms with van der Waals surface area (Å²) in [5, 5.41) is 37.4. The van der Waals surface area contributed by atoms with Gasteiger partial charge in [-0.15, -0.1) is 0 Å². The number of ether oxygens (including phenoxy) is 6. The van der Waals surface area contributed by atoms with Crippen LogP contribution in [0.3, 0.4) is 0 Å². The average Bonchev–Trinajstić information content (AvgIpc) is 3.10. The van der Waals surface area contributed by atoms with Crippen molar-refractivity contribution < 1.29 is 67.7 Å². The number of rotatable bonds is 13. The molecule has 3 aliphatic rings. The van der Waals surface area contributed by atoms with Crippen LogP contribution in [0, 0.1) is 17.3 Å². The predicted octanol–water partition coefficient (Wildman–Crippen LogP) is 4.10. The standard InChI is InChI=1S/C42H59NO14/c1-22(2)19-27(43-38(50)57-39(6,7)8)32(46)37(49)54-28-20-42(51)35(55-36(48)26-15-13-12-14-16-26)31(41(56-25(5)45)21-53-29(41)17-18-44)24(4)34(52-11)33(47)30(23(28)3)40(42,9)10/h12-16,22,27-29,31-32,35,44,46,51H,17-21H2,1-11H3,(H,43,50)/b34-24+/t27-,28-,29+,31+,32+,35-,41-,42+/m0/s1. The Kier molecular flexibility index (Phi) is 13.8. The molecule has 15 nitrogen and oxygen atoms in total. The van der Waals surface area contributed by atoms with Gasteiger partial charge in [0.1, 0.15) is 29.5 Å². The fraction of sp³-hybridized carbons (Fsp3) is 0.643. The first-order valence-electron chi connectivity index (χ1n) is 19.2. The van der Waals surface area contributed by atoms with E-state index in [0.29, 0.717) is 0 Å². The number of esters is 3. The molecule has 1 heterocycles. The van der Waals surface area contributed by atoms with Crippen LogP contribution in [-0.4, -0.2) is 113 Å². The number of fused-ring (bicyclic) bond motifs is 2. The molecule has 1 aromatic carbocycles. The summed E-state index contributed by atoms with van der Waals surface area (Å²) in [7, 11) is 1.28. The van der Waals surface area contributed by atoms with Crippen molar-refractivity contribution in [3.05, 3.63) is 58.4 Å². The van der Waals surface area contributed by atoms with E-state index in [-0.39, 0.29) is 60.0 Å². The largest absolute Gasteiger partial charge is 0.493 e. The van der Waals surface area contributed by atoms with Crippen LogP contribution in [0.1, 0.15) is 98.9 Å². The number of amides is 1. The van der Waals surface area contributed by atoms with Gasteiger partial charge < -0.3 is 49.1 Å². The summed E-state index contributed by atoms with van der Waals surface area (Å²) >= 11 is 0. The van der Waals surface area contributed by atoms with Gasteiger partial charge in [0.15, 0.2) is 17.5 Å². The molecule has 316 valence electrons. The third-order valence-corrected chi connectivity index (χ3v) is 11.2. The molecular weight excluding hydrogens is 742 g/mol. The monoisotopic (exact) mass is 801 g/mol. The van der Waals surface area contributed by atoms with E-state index in [0.717, 1.165) is 0 Å². The van der Waals surface area contributed by atoms with Crippen molar-refractivity contribution in [1.82, 2.24) is 5.32 Å². The SMILES string of the molecule is CO/C1=C(\C)[C@@H]([C@]2(OC(C)=O)CO[C@@H]2CCO)[C@H](OC(=O)c2ccccc2)[C@]2(O)C[C@H](OC(=O)[C@H](O)[C@H](CC(C)C)NC(=O)OC(C)(C)C)C(C)=C(C1=O)C2(C)C. The first-order chi connectivity index (χ1) is 26.4. The number of alkyl carbamates (subject to hydrolysis) is 1. The first kappa shape index (κ1) is 45.4. The minimum absolute atomic E-state index is 0.00265. The number of methoxy groups -OCH3 is 1. The van der Waals surface area contributed by atoms with Crippen LogP contribution < -0.4 is 5.32 Å². The number of nitrogens with one attached hydrogen (secondary N) is 1. The maximum atomic E-state index is 14.8. The highest BCUT2D eigenvalue weighted by molar-refractivity contribution is 6.09. The lowest BCUT2D eigenvalue weighted by Crippen LogP contribution is -2.73. The Balaban J connectivity index is 1.93. The molecule has 0 spiro atoms. The second kappa shape index (κ2) is 17.3. The molecule has 57 heavy (non-hydrogen) atoms. The van der Waals surface area contributed by atoms with E-state index in [2.05, 4.69) is 5.32 Å². The van der Waals surface area contributed by atoms with E-state index in [9.17, 15) is 39.3 Å². The number of hydrogen-bond donors (Lipinski definition) is 4. The third-order valence-electron chi connectivity index (χ3n) is 11.2. The average molecular weight is 802 g/mol. The van der Waals surface area contributed by atoms with Crippen molar-refractivity contribution in [2.24, 2.45) is 17.3 Å². The highest BCUT2D eigenvalue weighted by Gasteiger charge is 2.70. The number of Topliss-reactive ketones (excluding diaryl/α,β-unsaturated/α-hetero) is 1. The van der Waals surface area contributed by atoms with Crippen LogP contribution in [0.15, 0.2) is 52.8 Å². The molecule has 2 aliphatic carbocycles. The Hall–Kier alpha value is -4.31. The van der Waals surface area contributed by atoms with Crippen LogP contribution in [0.5, 0.6) is 0 Å². The quantitative estimate of drug-likeness (QED) is 0.163. The van der Waals surface area contributed by atoms with Gasteiger partial charge in [0, 0.05) is 37.4 Å². The highest BCUT2D eigenvalue weighted by atomic mass is 16.6. The number of ketones is 1. The van der Waals surface area contributed by atoms with E-state index < -0.39 is 94.8 Å². The fourth-order valence-electron chi connectivity index (χ4n) is 8.50. The normalized spacial score (nSPS) is 29.6. The van der Waals surface area contributed by atoms with Gasteiger partial charge in [-0.05, 0) is 70.2 Å². The van der Waals surface area contributed by atoms with Crippen molar-refractivity contribution in [2.75, 3.05) is 20.3 Å². The summed E-state index contributed by atoms with van der Waals surface area (Å²) in [5.74, 6) is -5.03. The van der Waals surface area contributed by atoms with Crippen LogP contribution in [0.25, 0.3) is 0 Å². The predicted molar refractivity (Wildman–Crippen MR) is 204 cm³/mol. The Morgan fingerprint density at radius 1 is 1.04 bits per heavy atom. The highest BCUT2D eigenvalue weighted by Crippen LogP contribution is 2.58. The minimum atomic E-state index is -2.28. The van der Waals surface area contributed by atoms with E-state index in [4.69, 9.17) is 28.4 Å². The molecule has 1 aromatic rings. The Morgan fingerprint density at radius 3 is 2.18 bits per heavy atom. The molecular formula is C42H59NO14. The lowest BCUT2D eigenvalue weighted by molar-refractivity contribution is -0.295. The Morgan fingerprint density at radius 2 is 1.67 bits per heavy atom. The number of aliphatic hydroxyl groups is 3. The number of hydrogen-bond acceptors (Lipinski definition) is 14. The number of carbonyl (C=O) groups excluding carboxylic acids is 5. The topological polar surface area (TPSA) is 213 Å². The zero-order valence-corrected chi connectivity index (χ0v) is 34.8. The molecule has 4 rings (SSSR count). The maximum Gasteiger partial charge on any atom is 0.407 e. The Bertz CT molecular complexity index is 1760. The van der Waals surface area contributed by atoms with Gasteiger partial charge in [-0.3, -0.25) is 9.59 Å². The van der Waals surface area contributed by atoms with Gasteiger partial charge in [0.05, 0.1) is 31.2 Å². The van der Waals surface area contributed by atoms with Crippen molar-refractivity contribution in [1.29, 1.82) is 0 Å². The molecule has 4 N–H and O–H groups in total. The van der Waals surface area contributed by atoms with Crippen LogP contribution in [0.4, 0.5) is 4.79 Å². The van der Waals surface area contributed by atoms with Gasteiger partial charge in [0.25, 0.3) is 0 Å². The van der Waals surface area contributed by atoms with Gasteiger partial charge in [-0.2, -0.15) is 0 Å². The summed E-state index contributed by atoms with van der Waals surface area (Å²) in [6.45, 7) is 15.5. The van der Waals surface area contributed by atoms with Crippen LogP contribution in [0.2, 0.25) is 0 Å². The molecule has 15 heteroatoms. The lowest BCUT2D eigenvalue weighted by Gasteiger charge is -2.60. The molecule has 1 saturated heterocycles. The van der Waals surface area contributed by atoms with E-state index in [1.54, 1.807) is 66.7 Å². The second-order valence-electron chi connectivity index (χ2n) is 17.1. The van der Waals surface area contributed by atoms with Crippen LogP contribution >= 0.6 is 0 Å². The smallest absolute Gasteiger partial charge is 0.407 e.